The smallest absolute Gasteiger partial charge is 0.191 e. The summed E-state index contributed by atoms with van der Waals surface area (Å²) in [5.74, 6) is 2.44. The summed E-state index contributed by atoms with van der Waals surface area (Å²) < 4.78 is 10.9. The molecule has 1 heterocycles. The van der Waals surface area contributed by atoms with E-state index in [4.69, 9.17) is 9.47 Å². The summed E-state index contributed by atoms with van der Waals surface area (Å²) in [4.78, 5) is 6.78. The molecule has 0 radical (unpaired) electrons. The minimum absolute atomic E-state index is 0. The molecule has 164 valence electrons. The molecule has 2 aromatic carbocycles. The lowest BCUT2D eigenvalue weighted by Crippen LogP contribution is -2.42. The van der Waals surface area contributed by atoms with E-state index in [-0.39, 0.29) is 24.0 Å². The summed E-state index contributed by atoms with van der Waals surface area (Å²) in [6.07, 6.45) is 1.02. The summed E-state index contributed by atoms with van der Waals surface area (Å²) in [5.41, 5.74) is 5.19. The number of halogens is 1. The van der Waals surface area contributed by atoms with Gasteiger partial charge in [0.1, 0.15) is 0 Å². The first-order valence-electron chi connectivity index (χ1n) is 10.1. The maximum Gasteiger partial charge on any atom is 0.191 e. The maximum absolute atomic E-state index is 5.46. The quantitative estimate of drug-likeness (QED) is 0.331. The molecule has 0 aliphatic carbocycles. The Hall–Kier alpha value is -2.00. The molecule has 1 aliphatic heterocycles. The molecule has 7 heteroatoms. The van der Waals surface area contributed by atoms with Crippen molar-refractivity contribution < 1.29 is 9.47 Å². The van der Waals surface area contributed by atoms with Gasteiger partial charge in [-0.3, -0.25) is 9.89 Å². The number of hydrogen-bond acceptors (Lipinski definition) is 4. The van der Waals surface area contributed by atoms with Crippen LogP contribution in [0.1, 0.15) is 22.3 Å². The second-order valence-corrected chi connectivity index (χ2v) is 7.34. The van der Waals surface area contributed by atoms with E-state index in [1.54, 1.807) is 14.2 Å². The number of methoxy groups -OCH3 is 2. The van der Waals surface area contributed by atoms with E-state index in [1.807, 2.05) is 7.05 Å². The first kappa shape index (κ1) is 24.3. The van der Waals surface area contributed by atoms with Crippen molar-refractivity contribution in [2.24, 2.45) is 4.99 Å². The van der Waals surface area contributed by atoms with Gasteiger partial charge < -0.3 is 20.1 Å². The molecular weight excluding hydrogens is 491 g/mol. The monoisotopic (exact) mass is 524 g/mol. The summed E-state index contributed by atoms with van der Waals surface area (Å²) in [6.45, 7) is 6.64. The van der Waals surface area contributed by atoms with Crippen LogP contribution >= 0.6 is 24.0 Å². The average Bonchev–Trinajstić information content (AvgIpc) is 2.75. The molecule has 2 N–H and O–H groups in total. The highest BCUT2D eigenvalue weighted by Crippen LogP contribution is 2.33. The topological polar surface area (TPSA) is 58.1 Å². The van der Waals surface area contributed by atoms with Crippen LogP contribution in [0.25, 0.3) is 0 Å². The van der Waals surface area contributed by atoms with Crippen LogP contribution < -0.4 is 20.1 Å². The highest BCUT2D eigenvalue weighted by Gasteiger charge is 2.19. The van der Waals surface area contributed by atoms with Crippen LogP contribution in [0.4, 0.5) is 0 Å². The van der Waals surface area contributed by atoms with Crippen LogP contribution in [-0.2, 0) is 19.5 Å². The molecular formula is C23H33IN4O2. The molecule has 0 spiro atoms. The van der Waals surface area contributed by atoms with Gasteiger partial charge in [-0.2, -0.15) is 0 Å². The third-order valence-corrected chi connectivity index (χ3v) is 5.28. The van der Waals surface area contributed by atoms with Gasteiger partial charge >= 0.3 is 0 Å². The molecule has 30 heavy (non-hydrogen) atoms. The Kier molecular flexibility index (Phi) is 9.71. The van der Waals surface area contributed by atoms with Gasteiger partial charge in [0.2, 0.25) is 0 Å². The molecule has 2 aromatic rings. The summed E-state index contributed by atoms with van der Waals surface area (Å²) in [6, 6.07) is 12.7. The Balaban J connectivity index is 0.00000320. The van der Waals surface area contributed by atoms with Crippen LogP contribution in [-0.4, -0.2) is 51.8 Å². The van der Waals surface area contributed by atoms with Crippen molar-refractivity contribution in [3.63, 3.8) is 0 Å². The van der Waals surface area contributed by atoms with Crippen LogP contribution in [0.5, 0.6) is 11.5 Å². The predicted octanol–water partition coefficient (Wildman–Crippen LogP) is 3.35. The van der Waals surface area contributed by atoms with E-state index >= 15 is 0 Å². The first-order chi connectivity index (χ1) is 14.1. The molecule has 0 atom stereocenters. The first-order valence-corrected chi connectivity index (χ1v) is 10.1. The van der Waals surface area contributed by atoms with Crippen LogP contribution in [0.3, 0.4) is 0 Å². The van der Waals surface area contributed by atoms with Crippen molar-refractivity contribution >= 4 is 29.9 Å². The number of benzene rings is 2. The van der Waals surface area contributed by atoms with Crippen molar-refractivity contribution in [2.45, 2.75) is 26.4 Å². The number of aryl methyl sites for hydroxylation is 1. The Morgan fingerprint density at radius 3 is 2.47 bits per heavy atom. The van der Waals surface area contributed by atoms with Crippen molar-refractivity contribution in [3.05, 3.63) is 58.7 Å². The molecule has 0 bridgehead atoms. The molecule has 0 unspecified atom stereocenters. The zero-order valence-corrected chi connectivity index (χ0v) is 20.7. The van der Waals surface area contributed by atoms with Crippen molar-refractivity contribution in [3.8, 4) is 11.5 Å². The normalized spacial score (nSPS) is 13.8. The number of nitrogens with zero attached hydrogens (tertiary/aromatic N) is 2. The second kappa shape index (κ2) is 12.0. The molecule has 0 saturated carbocycles. The predicted molar refractivity (Wildman–Crippen MR) is 133 cm³/mol. The number of fused-ring (bicyclic) bond motifs is 1. The summed E-state index contributed by atoms with van der Waals surface area (Å²) >= 11 is 0. The molecule has 0 amide bonds. The third kappa shape index (κ3) is 6.50. The number of hydrogen-bond donors (Lipinski definition) is 2. The Morgan fingerprint density at radius 2 is 1.80 bits per heavy atom. The molecule has 0 aromatic heterocycles. The number of guanidine groups is 1. The average molecular weight is 524 g/mol. The molecule has 0 fully saturated rings. The van der Waals surface area contributed by atoms with E-state index in [2.05, 4.69) is 63.8 Å². The zero-order valence-electron chi connectivity index (χ0n) is 18.3. The van der Waals surface area contributed by atoms with Crippen LogP contribution in [0.2, 0.25) is 0 Å². The van der Waals surface area contributed by atoms with E-state index in [1.165, 1.54) is 22.3 Å². The minimum atomic E-state index is 0. The standard InChI is InChI=1S/C23H32N4O2.HI/c1-17-6-5-7-18(12-17)15-26-23(24-2)25-9-11-27-10-8-19-13-21(28-3)22(29-4)14-20(19)16-27;/h5-7,12-14H,8-11,15-16H2,1-4H3,(H2,24,25,26);1H. The number of rotatable bonds is 7. The van der Waals surface area contributed by atoms with E-state index in [0.717, 1.165) is 56.6 Å². The van der Waals surface area contributed by atoms with E-state index < -0.39 is 0 Å². The lowest BCUT2D eigenvalue weighted by atomic mass is 9.99. The van der Waals surface area contributed by atoms with Crippen LogP contribution in [0, 0.1) is 6.92 Å². The fourth-order valence-corrected chi connectivity index (χ4v) is 3.69. The Labute approximate surface area is 197 Å². The fourth-order valence-electron chi connectivity index (χ4n) is 3.69. The second-order valence-electron chi connectivity index (χ2n) is 7.34. The highest BCUT2D eigenvalue weighted by molar-refractivity contribution is 14.0. The largest absolute Gasteiger partial charge is 0.493 e. The van der Waals surface area contributed by atoms with Gasteiger partial charge in [-0.15, -0.1) is 24.0 Å². The minimum Gasteiger partial charge on any atom is -0.493 e. The van der Waals surface area contributed by atoms with Crippen molar-refractivity contribution in [1.82, 2.24) is 15.5 Å². The number of aliphatic imine (C=N–C) groups is 1. The summed E-state index contributed by atoms with van der Waals surface area (Å²) in [7, 11) is 5.18. The SMILES string of the molecule is CN=C(NCCN1CCc2cc(OC)c(OC)cc2C1)NCc1cccc(C)c1.I. The Morgan fingerprint density at radius 1 is 1.07 bits per heavy atom. The van der Waals surface area contributed by atoms with Gasteiger partial charge in [0.05, 0.1) is 14.2 Å². The number of ether oxygens (including phenoxy) is 2. The van der Waals surface area contributed by atoms with Gasteiger partial charge in [0.25, 0.3) is 0 Å². The molecule has 6 nitrogen and oxygen atoms in total. The van der Waals surface area contributed by atoms with Gasteiger partial charge in [-0.05, 0) is 42.2 Å². The van der Waals surface area contributed by atoms with Crippen LogP contribution in [0.15, 0.2) is 41.4 Å². The lowest BCUT2D eigenvalue weighted by Gasteiger charge is -2.29. The molecule has 3 rings (SSSR count). The molecule has 0 saturated heterocycles. The summed E-state index contributed by atoms with van der Waals surface area (Å²) in [5, 5.41) is 6.80. The third-order valence-electron chi connectivity index (χ3n) is 5.28. The van der Waals surface area contributed by atoms with Crippen molar-refractivity contribution in [1.29, 1.82) is 0 Å². The Bertz CT molecular complexity index is 857. The highest BCUT2D eigenvalue weighted by atomic mass is 127. The zero-order chi connectivity index (χ0) is 20.6. The number of nitrogens with one attached hydrogen (secondary N) is 2. The fraction of sp³-hybridized carbons (Fsp3) is 0.435. The lowest BCUT2D eigenvalue weighted by molar-refractivity contribution is 0.256. The van der Waals surface area contributed by atoms with Gasteiger partial charge in [-0.25, -0.2) is 0 Å². The van der Waals surface area contributed by atoms with Gasteiger partial charge in [0.15, 0.2) is 17.5 Å². The van der Waals surface area contributed by atoms with E-state index in [0.29, 0.717) is 0 Å². The molecule has 1 aliphatic rings. The van der Waals surface area contributed by atoms with Gasteiger partial charge in [-0.1, -0.05) is 29.8 Å². The van der Waals surface area contributed by atoms with Gasteiger partial charge in [0, 0.05) is 39.8 Å². The maximum atomic E-state index is 5.46. The van der Waals surface area contributed by atoms with E-state index in [9.17, 15) is 0 Å². The van der Waals surface area contributed by atoms with Crippen molar-refractivity contribution in [2.75, 3.05) is 40.9 Å².